The fourth-order valence-electron chi connectivity index (χ4n) is 1.43. The Morgan fingerprint density at radius 1 is 1.35 bits per heavy atom. The molecule has 0 aliphatic rings. The Morgan fingerprint density at radius 3 is 3.00 bits per heavy atom. The van der Waals surface area contributed by atoms with E-state index in [9.17, 15) is 8.78 Å². The number of benzene rings is 1. The second-order valence-corrected chi connectivity index (χ2v) is 4.20. The third-order valence-corrected chi connectivity index (χ3v) is 2.99. The van der Waals surface area contributed by atoms with Gasteiger partial charge in [0, 0.05) is 11.9 Å². The van der Waals surface area contributed by atoms with Gasteiger partial charge < -0.3 is 10.1 Å². The maximum atomic E-state index is 11.8. The minimum absolute atomic E-state index is 0.260. The number of alkyl halides is 2. The standard InChI is InChI=1S/C11H12F2N2OS/c12-10(13)7-16-6-5-14-11-8-3-1-2-4-9(8)15-17-11/h1-4,10,14H,5-7H2. The molecule has 6 heteroatoms. The van der Waals surface area contributed by atoms with E-state index in [1.807, 2.05) is 24.3 Å². The topological polar surface area (TPSA) is 34.1 Å². The first-order valence-corrected chi connectivity index (χ1v) is 5.99. The lowest BCUT2D eigenvalue weighted by atomic mass is 10.2. The van der Waals surface area contributed by atoms with Gasteiger partial charge in [0.25, 0.3) is 6.43 Å². The van der Waals surface area contributed by atoms with Gasteiger partial charge in [-0.2, -0.15) is 4.37 Å². The molecule has 2 aromatic rings. The maximum absolute atomic E-state index is 11.8. The van der Waals surface area contributed by atoms with E-state index in [4.69, 9.17) is 4.74 Å². The van der Waals surface area contributed by atoms with Crippen LogP contribution in [0, 0.1) is 0 Å². The van der Waals surface area contributed by atoms with Gasteiger partial charge in [0.05, 0.1) is 12.1 Å². The van der Waals surface area contributed by atoms with Crippen molar-refractivity contribution in [3.05, 3.63) is 24.3 Å². The van der Waals surface area contributed by atoms with Gasteiger partial charge in [-0.1, -0.05) is 12.1 Å². The zero-order valence-electron chi connectivity index (χ0n) is 9.03. The largest absolute Gasteiger partial charge is 0.374 e. The van der Waals surface area contributed by atoms with Crippen molar-refractivity contribution in [2.45, 2.75) is 6.43 Å². The number of fused-ring (bicyclic) bond motifs is 1. The first-order chi connectivity index (χ1) is 8.27. The molecule has 1 aromatic heterocycles. The smallest absolute Gasteiger partial charge is 0.261 e. The zero-order chi connectivity index (χ0) is 12.1. The van der Waals surface area contributed by atoms with E-state index in [0.29, 0.717) is 6.54 Å². The summed E-state index contributed by atoms with van der Waals surface area (Å²) in [7, 11) is 0. The van der Waals surface area contributed by atoms with E-state index in [-0.39, 0.29) is 6.61 Å². The van der Waals surface area contributed by atoms with Gasteiger partial charge in [-0.05, 0) is 23.7 Å². The molecule has 0 bridgehead atoms. The second kappa shape index (κ2) is 5.88. The summed E-state index contributed by atoms with van der Waals surface area (Å²) < 4.78 is 32.6. The van der Waals surface area contributed by atoms with Crippen LogP contribution in [0.3, 0.4) is 0 Å². The molecule has 0 saturated carbocycles. The predicted octanol–water partition coefficient (Wildman–Crippen LogP) is 2.99. The van der Waals surface area contributed by atoms with E-state index in [2.05, 4.69) is 9.69 Å². The van der Waals surface area contributed by atoms with Crippen LogP contribution in [0.2, 0.25) is 0 Å². The molecule has 1 aromatic carbocycles. The number of ether oxygens (including phenoxy) is 1. The lowest BCUT2D eigenvalue weighted by Gasteiger charge is -2.05. The van der Waals surface area contributed by atoms with Gasteiger partial charge in [-0.15, -0.1) is 0 Å². The van der Waals surface area contributed by atoms with Crippen LogP contribution in [0.5, 0.6) is 0 Å². The van der Waals surface area contributed by atoms with Crippen molar-refractivity contribution in [1.29, 1.82) is 0 Å². The van der Waals surface area contributed by atoms with Gasteiger partial charge in [0.15, 0.2) is 0 Å². The van der Waals surface area contributed by atoms with Crippen molar-refractivity contribution in [3.63, 3.8) is 0 Å². The molecular formula is C11H12F2N2OS. The number of nitrogens with zero attached hydrogens (tertiary/aromatic N) is 1. The quantitative estimate of drug-likeness (QED) is 0.809. The Kier molecular flexibility index (Phi) is 4.22. The molecule has 0 spiro atoms. The summed E-state index contributed by atoms with van der Waals surface area (Å²) in [5.41, 5.74) is 0.938. The van der Waals surface area contributed by atoms with Crippen molar-refractivity contribution in [2.75, 3.05) is 25.1 Å². The molecule has 17 heavy (non-hydrogen) atoms. The van der Waals surface area contributed by atoms with Gasteiger partial charge >= 0.3 is 0 Å². The van der Waals surface area contributed by atoms with Crippen LogP contribution in [-0.4, -0.2) is 30.6 Å². The summed E-state index contributed by atoms with van der Waals surface area (Å²) in [6.07, 6.45) is -2.40. The van der Waals surface area contributed by atoms with Crippen LogP contribution in [0.25, 0.3) is 10.9 Å². The molecule has 0 aliphatic heterocycles. The van der Waals surface area contributed by atoms with Crippen LogP contribution in [-0.2, 0) is 4.74 Å². The summed E-state index contributed by atoms with van der Waals surface area (Å²) in [6, 6.07) is 7.78. The van der Waals surface area contributed by atoms with E-state index >= 15 is 0 Å². The fraction of sp³-hybridized carbons (Fsp3) is 0.364. The van der Waals surface area contributed by atoms with Crippen LogP contribution >= 0.6 is 11.5 Å². The molecule has 2 rings (SSSR count). The van der Waals surface area contributed by atoms with Gasteiger partial charge in [-0.25, -0.2) is 8.78 Å². The fourth-order valence-corrected chi connectivity index (χ4v) is 2.21. The van der Waals surface area contributed by atoms with Crippen LogP contribution < -0.4 is 5.32 Å². The highest BCUT2D eigenvalue weighted by atomic mass is 32.1. The molecular weight excluding hydrogens is 246 g/mol. The average molecular weight is 258 g/mol. The Morgan fingerprint density at radius 2 is 2.18 bits per heavy atom. The van der Waals surface area contributed by atoms with E-state index in [0.717, 1.165) is 15.9 Å². The third-order valence-electron chi connectivity index (χ3n) is 2.16. The van der Waals surface area contributed by atoms with Crippen molar-refractivity contribution < 1.29 is 13.5 Å². The molecule has 0 atom stereocenters. The van der Waals surface area contributed by atoms with Gasteiger partial charge in [0.2, 0.25) is 0 Å². The van der Waals surface area contributed by atoms with Gasteiger partial charge in [-0.3, -0.25) is 0 Å². The van der Waals surface area contributed by atoms with Crippen LogP contribution in [0.4, 0.5) is 13.8 Å². The lowest BCUT2D eigenvalue weighted by Crippen LogP contribution is -2.12. The highest BCUT2D eigenvalue weighted by molar-refractivity contribution is 7.11. The lowest BCUT2D eigenvalue weighted by molar-refractivity contribution is 0.0215. The van der Waals surface area contributed by atoms with E-state index in [1.54, 1.807) is 0 Å². The SMILES string of the molecule is FC(F)COCCNc1snc2ccccc12. The summed E-state index contributed by atoms with van der Waals surface area (Å²) >= 11 is 1.36. The molecule has 1 N–H and O–H groups in total. The Balaban J connectivity index is 1.83. The molecule has 92 valence electrons. The Bertz CT molecular complexity index is 475. The number of anilines is 1. The van der Waals surface area contributed by atoms with E-state index < -0.39 is 13.0 Å². The minimum Gasteiger partial charge on any atom is -0.374 e. The molecule has 0 amide bonds. The van der Waals surface area contributed by atoms with Crippen molar-refractivity contribution in [1.82, 2.24) is 4.37 Å². The second-order valence-electron chi connectivity index (χ2n) is 3.42. The Hall–Kier alpha value is -1.27. The summed E-state index contributed by atoms with van der Waals surface area (Å²) in [5.74, 6) is 0. The summed E-state index contributed by atoms with van der Waals surface area (Å²) in [6.45, 7) is 0.251. The van der Waals surface area contributed by atoms with Crippen LogP contribution in [0.15, 0.2) is 24.3 Å². The van der Waals surface area contributed by atoms with Crippen molar-refractivity contribution in [3.8, 4) is 0 Å². The zero-order valence-corrected chi connectivity index (χ0v) is 9.84. The van der Waals surface area contributed by atoms with Crippen molar-refractivity contribution >= 4 is 27.4 Å². The van der Waals surface area contributed by atoms with Crippen molar-refractivity contribution in [2.24, 2.45) is 0 Å². The highest BCUT2D eigenvalue weighted by Gasteiger charge is 2.04. The number of halogens is 2. The monoisotopic (exact) mass is 258 g/mol. The number of hydrogen-bond acceptors (Lipinski definition) is 4. The molecule has 0 unspecified atom stereocenters. The molecule has 3 nitrogen and oxygen atoms in total. The summed E-state index contributed by atoms with van der Waals surface area (Å²) in [4.78, 5) is 0. The molecule has 0 aliphatic carbocycles. The molecule has 0 saturated heterocycles. The number of aromatic nitrogens is 1. The third kappa shape index (κ3) is 3.34. The molecule has 1 heterocycles. The van der Waals surface area contributed by atoms with Crippen LogP contribution in [0.1, 0.15) is 0 Å². The van der Waals surface area contributed by atoms with E-state index in [1.165, 1.54) is 11.5 Å². The Labute approximate surface area is 102 Å². The number of nitrogens with one attached hydrogen (secondary N) is 1. The molecule has 0 radical (unpaired) electrons. The number of rotatable bonds is 6. The first-order valence-electron chi connectivity index (χ1n) is 5.21. The normalized spacial score (nSPS) is 11.2. The summed E-state index contributed by atoms with van der Waals surface area (Å²) in [5, 5.41) is 5.12. The first kappa shape index (κ1) is 12.2. The minimum atomic E-state index is -2.40. The number of hydrogen-bond donors (Lipinski definition) is 1. The maximum Gasteiger partial charge on any atom is 0.261 e. The predicted molar refractivity (Wildman–Crippen MR) is 64.9 cm³/mol. The molecule has 0 fully saturated rings. The average Bonchev–Trinajstić information content (AvgIpc) is 2.72. The highest BCUT2D eigenvalue weighted by Crippen LogP contribution is 2.26. The van der Waals surface area contributed by atoms with Gasteiger partial charge in [0.1, 0.15) is 11.6 Å².